The van der Waals surface area contributed by atoms with Gasteiger partial charge in [0.1, 0.15) is 5.82 Å². The molecule has 0 radical (unpaired) electrons. The third kappa shape index (κ3) is 2.67. The van der Waals surface area contributed by atoms with Crippen molar-refractivity contribution in [3.63, 3.8) is 0 Å². The molecular formula is C17H17FN2O. The van der Waals surface area contributed by atoms with Crippen LogP contribution in [0.5, 0.6) is 0 Å². The van der Waals surface area contributed by atoms with E-state index >= 15 is 0 Å². The number of carbonyl (C=O) groups is 1. The lowest BCUT2D eigenvalue weighted by atomic mass is 10.0. The van der Waals surface area contributed by atoms with Crippen molar-refractivity contribution in [1.82, 2.24) is 0 Å². The predicted molar refractivity (Wildman–Crippen MR) is 80.7 cm³/mol. The van der Waals surface area contributed by atoms with Gasteiger partial charge in [0.25, 0.3) is 5.91 Å². The Morgan fingerprint density at radius 2 is 1.86 bits per heavy atom. The summed E-state index contributed by atoms with van der Waals surface area (Å²) in [5.41, 5.74) is 8.52. The van der Waals surface area contributed by atoms with E-state index in [1.165, 1.54) is 24.3 Å². The summed E-state index contributed by atoms with van der Waals surface area (Å²) in [6, 6.07) is 13.3. The second-order valence-corrected chi connectivity index (χ2v) is 5.27. The van der Waals surface area contributed by atoms with Crippen LogP contribution in [0.4, 0.5) is 10.1 Å². The van der Waals surface area contributed by atoms with Crippen molar-refractivity contribution in [2.24, 2.45) is 5.73 Å². The van der Waals surface area contributed by atoms with Gasteiger partial charge in [-0.25, -0.2) is 4.39 Å². The number of carbonyl (C=O) groups excluding carboxylic acids is 1. The zero-order chi connectivity index (χ0) is 14.8. The molecule has 1 aliphatic heterocycles. The van der Waals surface area contributed by atoms with E-state index in [9.17, 15) is 9.18 Å². The molecular weight excluding hydrogens is 267 g/mol. The lowest BCUT2D eigenvalue weighted by Gasteiger charge is -2.23. The van der Waals surface area contributed by atoms with Gasteiger partial charge in [-0.15, -0.1) is 0 Å². The van der Waals surface area contributed by atoms with Crippen LogP contribution in [-0.2, 0) is 0 Å². The number of amides is 1. The highest BCUT2D eigenvalue weighted by Crippen LogP contribution is 2.32. The van der Waals surface area contributed by atoms with Crippen LogP contribution in [-0.4, -0.2) is 12.5 Å². The van der Waals surface area contributed by atoms with Crippen molar-refractivity contribution in [2.75, 3.05) is 11.4 Å². The van der Waals surface area contributed by atoms with E-state index in [2.05, 4.69) is 0 Å². The molecule has 1 atom stereocenters. The molecule has 0 fully saturated rings. The molecule has 0 saturated carbocycles. The van der Waals surface area contributed by atoms with Gasteiger partial charge in [-0.1, -0.05) is 18.2 Å². The minimum absolute atomic E-state index is 0.0489. The van der Waals surface area contributed by atoms with E-state index in [1.54, 1.807) is 4.90 Å². The standard InChI is InChI=1S/C17H17FN2O/c18-13-9-7-12(8-10-13)17(21)20-11-3-5-15(19)14-4-1-2-6-16(14)20/h1-2,4,6-10,15H,3,5,11,19H2. The first-order valence-electron chi connectivity index (χ1n) is 7.09. The highest BCUT2D eigenvalue weighted by atomic mass is 19.1. The normalized spacial score (nSPS) is 18.0. The van der Waals surface area contributed by atoms with Gasteiger partial charge in [-0.3, -0.25) is 4.79 Å². The summed E-state index contributed by atoms with van der Waals surface area (Å²) in [5.74, 6) is -0.457. The fraction of sp³-hybridized carbons (Fsp3) is 0.235. The summed E-state index contributed by atoms with van der Waals surface area (Å²) < 4.78 is 13.0. The first-order chi connectivity index (χ1) is 10.2. The number of hydrogen-bond acceptors (Lipinski definition) is 2. The fourth-order valence-electron chi connectivity index (χ4n) is 2.75. The molecule has 21 heavy (non-hydrogen) atoms. The van der Waals surface area contributed by atoms with Crippen LogP contribution in [0.1, 0.15) is 34.8 Å². The van der Waals surface area contributed by atoms with Gasteiger partial charge in [-0.2, -0.15) is 0 Å². The van der Waals surface area contributed by atoms with Crippen molar-refractivity contribution in [2.45, 2.75) is 18.9 Å². The van der Waals surface area contributed by atoms with Crippen LogP contribution < -0.4 is 10.6 Å². The Labute approximate surface area is 123 Å². The Kier molecular flexibility index (Phi) is 3.71. The Morgan fingerprint density at radius 3 is 2.62 bits per heavy atom. The third-order valence-electron chi connectivity index (χ3n) is 3.86. The summed E-state index contributed by atoms with van der Waals surface area (Å²) in [4.78, 5) is 14.4. The van der Waals surface area contributed by atoms with Crippen molar-refractivity contribution >= 4 is 11.6 Å². The second kappa shape index (κ2) is 5.66. The maximum atomic E-state index is 13.0. The highest BCUT2D eigenvalue weighted by molar-refractivity contribution is 6.06. The molecule has 0 saturated heterocycles. The molecule has 0 spiro atoms. The fourth-order valence-corrected chi connectivity index (χ4v) is 2.75. The third-order valence-corrected chi connectivity index (χ3v) is 3.86. The maximum Gasteiger partial charge on any atom is 0.258 e. The first kappa shape index (κ1) is 13.8. The first-order valence-corrected chi connectivity index (χ1v) is 7.09. The summed E-state index contributed by atoms with van der Waals surface area (Å²) in [6.45, 7) is 0.626. The average molecular weight is 284 g/mol. The monoisotopic (exact) mass is 284 g/mol. The summed E-state index contributed by atoms with van der Waals surface area (Å²) in [5, 5.41) is 0. The van der Waals surface area contributed by atoms with Gasteiger partial charge in [-0.05, 0) is 48.7 Å². The number of fused-ring (bicyclic) bond motifs is 1. The quantitative estimate of drug-likeness (QED) is 0.873. The van der Waals surface area contributed by atoms with Gasteiger partial charge in [0.2, 0.25) is 0 Å². The topological polar surface area (TPSA) is 46.3 Å². The van der Waals surface area contributed by atoms with Crippen LogP contribution >= 0.6 is 0 Å². The molecule has 1 aliphatic rings. The molecule has 0 aromatic heterocycles. The minimum Gasteiger partial charge on any atom is -0.324 e. The molecule has 3 rings (SSSR count). The number of para-hydroxylation sites is 1. The lowest BCUT2D eigenvalue weighted by molar-refractivity contribution is 0.0987. The van der Waals surface area contributed by atoms with Crippen molar-refractivity contribution in [3.05, 3.63) is 65.5 Å². The molecule has 3 nitrogen and oxygen atoms in total. The Bertz CT molecular complexity index is 654. The molecule has 108 valence electrons. The van der Waals surface area contributed by atoms with Crippen molar-refractivity contribution < 1.29 is 9.18 Å². The van der Waals surface area contributed by atoms with E-state index < -0.39 is 0 Å². The predicted octanol–water partition coefficient (Wildman–Crippen LogP) is 3.27. The van der Waals surface area contributed by atoms with Crippen LogP contribution in [0, 0.1) is 5.82 Å². The number of halogens is 1. The lowest BCUT2D eigenvalue weighted by Crippen LogP contribution is -2.31. The number of nitrogens with zero attached hydrogens (tertiary/aromatic N) is 1. The number of anilines is 1. The second-order valence-electron chi connectivity index (χ2n) is 5.27. The molecule has 1 amide bonds. The Morgan fingerprint density at radius 1 is 1.14 bits per heavy atom. The van der Waals surface area contributed by atoms with Crippen LogP contribution in [0.15, 0.2) is 48.5 Å². The Hall–Kier alpha value is -2.20. The molecule has 2 aromatic rings. The van der Waals surface area contributed by atoms with E-state index in [4.69, 9.17) is 5.73 Å². The van der Waals surface area contributed by atoms with Gasteiger partial charge in [0, 0.05) is 23.8 Å². The van der Waals surface area contributed by atoms with E-state index in [0.29, 0.717) is 12.1 Å². The number of benzene rings is 2. The minimum atomic E-state index is -0.343. The summed E-state index contributed by atoms with van der Waals surface area (Å²) in [7, 11) is 0. The van der Waals surface area contributed by atoms with Crippen LogP contribution in [0.3, 0.4) is 0 Å². The highest BCUT2D eigenvalue weighted by Gasteiger charge is 2.25. The molecule has 2 N–H and O–H groups in total. The molecule has 4 heteroatoms. The van der Waals surface area contributed by atoms with Crippen LogP contribution in [0.25, 0.3) is 0 Å². The van der Waals surface area contributed by atoms with Gasteiger partial charge >= 0.3 is 0 Å². The zero-order valence-electron chi connectivity index (χ0n) is 11.6. The largest absolute Gasteiger partial charge is 0.324 e. The molecule has 2 aromatic carbocycles. The Balaban J connectivity index is 1.99. The number of hydrogen-bond donors (Lipinski definition) is 1. The summed E-state index contributed by atoms with van der Waals surface area (Å²) >= 11 is 0. The van der Waals surface area contributed by atoms with E-state index in [0.717, 1.165) is 24.1 Å². The zero-order valence-corrected chi connectivity index (χ0v) is 11.6. The van der Waals surface area contributed by atoms with Gasteiger partial charge in [0.15, 0.2) is 0 Å². The molecule has 0 bridgehead atoms. The summed E-state index contributed by atoms with van der Waals surface area (Å²) in [6.07, 6.45) is 1.70. The van der Waals surface area contributed by atoms with Gasteiger partial charge in [0.05, 0.1) is 0 Å². The maximum absolute atomic E-state index is 13.0. The molecule has 1 unspecified atom stereocenters. The SMILES string of the molecule is NC1CCCN(C(=O)c2ccc(F)cc2)c2ccccc21. The van der Waals surface area contributed by atoms with Gasteiger partial charge < -0.3 is 10.6 Å². The molecule has 1 heterocycles. The number of nitrogens with two attached hydrogens (primary N) is 1. The smallest absolute Gasteiger partial charge is 0.258 e. The van der Waals surface area contributed by atoms with E-state index in [-0.39, 0.29) is 17.8 Å². The van der Waals surface area contributed by atoms with Crippen molar-refractivity contribution in [3.8, 4) is 0 Å². The van der Waals surface area contributed by atoms with Crippen molar-refractivity contribution in [1.29, 1.82) is 0 Å². The number of rotatable bonds is 1. The van der Waals surface area contributed by atoms with E-state index in [1.807, 2.05) is 24.3 Å². The molecule has 0 aliphatic carbocycles. The van der Waals surface area contributed by atoms with Crippen LogP contribution in [0.2, 0.25) is 0 Å². The average Bonchev–Trinajstić information content (AvgIpc) is 2.67.